The summed E-state index contributed by atoms with van der Waals surface area (Å²) in [6.07, 6.45) is 1.62. The molecule has 0 saturated heterocycles. The van der Waals surface area contributed by atoms with Gasteiger partial charge in [0.05, 0.1) is 11.6 Å². The van der Waals surface area contributed by atoms with E-state index in [4.69, 9.17) is 21.1 Å². The van der Waals surface area contributed by atoms with Crippen LogP contribution in [-0.2, 0) is 0 Å². The van der Waals surface area contributed by atoms with Crippen molar-refractivity contribution in [3.05, 3.63) is 44.4 Å². The molecule has 0 bridgehead atoms. The van der Waals surface area contributed by atoms with Crippen molar-refractivity contribution in [1.29, 1.82) is 0 Å². The zero-order valence-corrected chi connectivity index (χ0v) is 13.2. The van der Waals surface area contributed by atoms with E-state index in [1.807, 2.05) is 6.07 Å². The molecule has 2 aromatic rings. The Morgan fingerprint density at radius 2 is 2.00 bits per heavy atom. The Labute approximate surface area is 126 Å². The summed E-state index contributed by atoms with van der Waals surface area (Å²) in [6, 6.07) is 7.11. The quantitative estimate of drug-likeness (QED) is 0.730. The SMILES string of the molecule is COc1ccc(Oc2ncc(Br)cc2Cl)c(Br)c1. The number of pyridine rings is 1. The normalized spacial score (nSPS) is 10.2. The minimum absolute atomic E-state index is 0.353. The first-order chi connectivity index (χ1) is 8.60. The molecule has 6 heteroatoms. The van der Waals surface area contributed by atoms with Crippen LogP contribution in [0.2, 0.25) is 5.02 Å². The predicted molar refractivity (Wildman–Crippen MR) is 77.7 cm³/mol. The van der Waals surface area contributed by atoms with Gasteiger partial charge in [0.1, 0.15) is 16.5 Å². The monoisotopic (exact) mass is 391 g/mol. The minimum Gasteiger partial charge on any atom is -0.497 e. The third kappa shape index (κ3) is 3.16. The second kappa shape index (κ2) is 5.91. The molecule has 94 valence electrons. The molecule has 1 aromatic heterocycles. The van der Waals surface area contributed by atoms with E-state index >= 15 is 0 Å². The highest BCUT2D eigenvalue weighted by atomic mass is 79.9. The third-order valence-corrected chi connectivity index (χ3v) is 3.44. The first-order valence-corrected chi connectivity index (χ1v) is 6.89. The fourth-order valence-electron chi connectivity index (χ4n) is 1.27. The van der Waals surface area contributed by atoms with Gasteiger partial charge in [-0.3, -0.25) is 0 Å². The summed E-state index contributed by atoms with van der Waals surface area (Å²) in [5, 5.41) is 0.437. The van der Waals surface area contributed by atoms with Crippen molar-refractivity contribution < 1.29 is 9.47 Å². The minimum atomic E-state index is 0.353. The van der Waals surface area contributed by atoms with Crippen molar-refractivity contribution in [2.45, 2.75) is 0 Å². The number of hydrogen-bond donors (Lipinski definition) is 0. The van der Waals surface area contributed by atoms with Gasteiger partial charge in [-0.25, -0.2) is 4.98 Å². The molecule has 0 unspecified atom stereocenters. The van der Waals surface area contributed by atoms with Gasteiger partial charge in [-0.15, -0.1) is 0 Å². The van der Waals surface area contributed by atoms with E-state index in [0.29, 0.717) is 16.7 Å². The molecule has 2 rings (SSSR count). The molecule has 0 N–H and O–H groups in total. The molecular formula is C12H8Br2ClNO2. The summed E-state index contributed by atoms with van der Waals surface area (Å²) in [5.41, 5.74) is 0. The van der Waals surface area contributed by atoms with Gasteiger partial charge in [-0.05, 0) is 56.1 Å². The van der Waals surface area contributed by atoms with Crippen LogP contribution in [0, 0.1) is 0 Å². The largest absolute Gasteiger partial charge is 0.497 e. The van der Waals surface area contributed by atoms with E-state index in [0.717, 1.165) is 14.7 Å². The Bertz CT molecular complexity index is 578. The standard InChI is InChI=1S/C12H8Br2ClNO2/c1-17-8-2-3-11(9(14)5-8)18-12-10(15)4-7(13)6-16-12/h2-6H,1H3. The predicted octanol–water partition coefficient (Wildman–Crippen LogP) is 5.06. The van der Waals surface area contributed by atoms with Gasteiger partial charge < -0.3 is 9.47 Å². The number of benzene rings is 1. The van der Waals surface area contributed by atoms with E-state index in [1.165, 1.54) is 0 Å². The first-order valence-electron chi connectivity index (χ1n) is 4.92. The highest BCUT2D eigenvalue weighted by molar-refractivity contribution is 9.10. The Morgan fingerprint density at radius 1 is 1.22 bits per heavy atom. The second-order valence-corrected chi connectivity index (χ2v) is 5.52. The zero-order chi connectivity index (χ0) is 13.1. The van der Waals surface area contributed by atoms with E-state index in [9.17, 15) is 0 Å². The van der Waals surface area contributed by atoms with Gasteiger partial charge in [-0.1, -0.05) is 11.6 Å². The Hall–Kier alpha value is -0.780. The molecule has 0 radical (unpaired) electrons. The lowest BCUT2D eigenvalue weighted by atomic mass is 10.3. The highest BCUT2D eigenvalue weighted by Gasteiger charge is 2.09. The Balaban J connectivity index is 2.28. The van der Waals surface area contributed by atoms with Crippen LogP contribution in [0.15, 0.2) is 39.4 Å². The van der Waals surface area contributed by atoms with Crippen molar-refractivity contribution >= 4 is 43.5 Å². The summed E-state index contributed by atoms with van der Waals surface area (Å²) < 4.78 is 12.3. The summed E-state index contributed by atoms with van der Waals surface area (Å²) in [7, 11) is 1.61. The smallest absolute Gasteiger partial charge is 0.238 e. The molecule has 0 aliphatic carbocycles. The summed E-state index contributed by atoms with van der Waals surface area (Å²) >= 11 is 12.7. The molecular weight excluding hydrogens is 385 g/mol. The molecule has 0 amide bonds. The highest BCUT2D eigenvalue weighted by Crippen LogP contribution is 2.35. The van der Waals surface area contributed by atoms with Gasteiger partial charge >= 0.3 is 0 Å². The topological polar surface area (TPSA) is 31.4 Å². The number of ether oxygens (including phenoxy) is 2. The van der Waals surface area contributed by atoms with Crippen LogP contribution in [0.1, 0.15) is 0 Å². The maximum Gasteiger partial charge on any atom is 0.238 e. The van der Waals surface area contributed by atoms with Crippen molar-refractivity contribution in [3.63, 3.8) is 0 Å². The van der Waals surface area contributed by atoms with E-state index < -0.39 is 0 Å². The number of halogens is 3. The van der Waals surface area contributed by atoms with Crippen molar-refractivity contribution in [3.8, 4) is 17.4 Å². The molecule has 0 spiro atoms. The van der Waals surface area contributed by atoms with Crippen molar-refractivity contribution in [2.75, 3.05) is 7.11 Å². The van der Waals surface area contributed by atoms with Crippen molar-refractivity contribution in [2.24, 2.45) is 0 Å². The van der Waals surface area contributed by atoms with Crippen LogP contribution >= 0.6 is 43.5 Å². The maximum absolute atomic E-state index is 6.03. The molecule has 1 aromatic carbocycles. The molecule has 0 aliphatic heterocycles. The second-order valence-electron chi connectivity index (χ2n) is 3.34. The zero-order valence-electron chi connectivity index (χ0n) is 9.28. The maximum atomic E-state index is 6.03. The Morgan fingerprint density at radius 3 is 2.61 bits per heavy atom. The molecule has 3 nitrogen and oxygen atoms in total. The van der Waals surface area contributed by atoms with Crippen LogP contribution in [0.3, 0.4) is 0 Å². The van der Waals surface area contributed by atoms with Gasteiger partial charge in [0.2, 0.25) is 5.88 Å². The first kappa shape index (κ1) is 13.6. The number of hydrogen-bond acceptors (Lipinski definition) is 3. The van der Waals surface area contributed by atoms with Gasteiger partial charge in [0.25, 0.3) is 0 Å². The van der Waals surface area contributed by atoms with Crippen LogP contribution in [0.25, 0.3) is 0 Å². The van der Waals surface area contributed by atoms with E-state index in [1.54, 1.807) is 31.5 Å². The van der Waals surface area contributed by atoms with Crippen LogP contribution in [0.5, 0.6) is 17.4 Å². The number of aromatic nitrogens is 1. The molecule has 0 aliphatic rings. The average Bonchev–Trinajstić information content (AvgIpc) is 2.34. The number of rotatable bonds is 3. The molecule has 0 atom stereocenters. The lowest BCUT2D eigenvalue weighted by Gasteiger charge is -2.09. The van der Waals surface area contributed by atoms with Crippen LogP contribution in [-0.4, -0.2) is 12.1 Å². The van der Waals surface area contributed by atoms with Crippen LogP contribution < -0.4 is 9.47 Å². The van der Waals surface area contributed by atoms with E-state index in [-0.39, 0.29) is 0 Å². The van der Waals surface area contributed by atoms with Gasteiger partial charge in [-0.2, -0.15) is 0 Å². The fraction of sp³-hybridized carbons (Fsp3) is 0.0833. The number of nitrogens with zero attached hydrogens (tertiary/aromatic N) is 1. The lowest BCUT2D eigenvalue weighted by Crippen LogP contribution is -1.91. The molecule has 18 heavy (non-hydrogen) atoms. The fourth-order valence-corrected chi connectivity index (χ4v) is 2.38. The molecule has 0 saturated carbocycles. The molecule has 1 heterocycles. The third-order valence-electron chi connectivity index (χ3n) is 2.12. The summed E-state index contributed by atoms with van der Waals surface area (Å²) in [4.78, 5) is 4.10. The summed E-state index contributed by atoms with van der Waals surface area (Å²) in [6.45, 7) is 0. The molecule has 0 fully saturated rings. The average molecular weight is 393 g/mol. The van der Waals surface area contributed by atoms with E-state index in [2.05, 4.69) is 36.8 Å². The summed E-state index contributed by atoms with van der Waals surface area (Å²) in [5.74, 6) is 1.71. The van der Waals surface area contributed by atoms with Crippen molar-refractivity contribution in [1.82, 2.24) is 4.98 Å². The van der Waals surface area contributed by atoms with Crippen LogP contribution in [0.4, 0.5) is 0 Å². The Kier molecular flexibility index (Phi) is 4.48. The van der Waals surface area contributed by atoms with Gasteiger partial charge in [0, 0.05) is 10.7 Å². The van der Waals surface area contributed by atoms with Gasteiger partial charge in [0.15, 0.2) is 0 Å². The number of methoxy groups -OCH3 is 1. The lowest BCUT2D eigenvalue weighted by molar-refractivity contribution is 0.411.